The zero-order valence-electron chi connectivity index (χ0n) is 9.30. The summed E-state index contributed by atoms with van der Waals surface area (Å²) in [4.78, 5) is 0. The molecule has 0 heterocycles. The van der Waals surface area contributed by atoms with Crippen molar-refractivity contribution in [2.45, 2.75) is 52.7 Å². The molecule has 2 unspecified atom stereocenters. The summed E-state index contributed by atoms with van der Waals surface area (Å²) in [6.07, 6.45) is 2.04. The molecule has 0 aromatic heterocycles. The summed E-state index contributed by atoms with van der Waals surface area (Å²) in [6.45, 7) is 9.83. The van der Waals surface area contributed by atoms with Crippen molar-refractivity contribution < 1.29 is 5.11 Å². The quantitative estimate of drug-likeness (QED) is 0.700. The smallest absolute Gasteiger partial charge is 0.0621 e. The van der Waals surface area contributed by atoms with Crippen molar-refractivity contribution in [2.75, 3.05) is 6.54 Å². The zero-order chi connectivity index (χ0) is 10.1. The average Bonchev–Trinajstić information content (AvgIpc) is 2.02. The summed E-state index contributed by atoms with van der Waals surface area (Å²) in [5.41, 5.74) is 0.0803. The van der Waals surface area contributed by atoms with E-state index in [1.807, 2.05) is 0 Å². The lowest BCUT2D eigenvalue weighted by Crippen LogP contribution is -2.60. The van der Waals surface area contributed by atoms with Crippen molar-refractivity contribution in [3.8, 4) is 0 Å². The first-order valence-electron chi connectivity index (χ1n) is 5.36. The fourth-order valence-corrected chi connectivity index (χ4v) is 1.80. The minimum atomic E-state index is -0.107. The van der Waals surface area contributed by atoms with Crippen LogP contribution in [0.5, 0.6) is 0 Å². The van der Waals surface area contributed by atoms with Crippen LogP contribution in [0.25, 0.3) is 0 Å². The van der Waals surface area contributed by atoms with E-state index in [4.69, 9.17) is 0 Å². The third-order valence-corrected chi connectivity index (χ3v) is 3.33. The lowest BCUT2D eigenvalue weighted by molar-refractivity contribution is -0.0724. The van der Waals surface area contributed by atoms with Gasteiger partial charge in [0.25, 0.3) is 0 Å². The number of aliphatic hydroxyl groups excluding tert-OH is 1. The maximum atomic E-state index is 9.51. The van der Waals surface area contributed by atoms with Gasteiger partial charge >= 0.3 is 0 Å². The second kappa shape index (κ2) is 3.97. The highest BCUT2D eigenvalue weighted by molar-refractivity contribution is 5.01. The minimum Gasteiger partial charge on any atom is -0.392 e. The van der Waals surface area contributed by atoms with Crippen molar-refractivity contribution in [1.82, 2.24) is 5.32 Å². The van der Waals surface area contributed by atoms with Gasteiger partial charge in [0.2, 0.25) is 0 Å². The first kappa shape index (κ1) is 11.0. The first-order valence-corrected chi connectivity index (χ1v) is 5.36. The molecule has 2 heteroatoms. The van der Waals surface area contributed by atoms with Crippen LogP contribution in [0.1, 0.15) is 40.5 Å². The van der Waals surface area contributed by atoms with E-state index >= 15 is 0 Å². The van der Waals surface area contributed by atoms with Crippen molar-refractivity contribution in [2.24, 2.45) is 11.3 Å². The lowest BCUT2D eigenvalue weighted by Gasteiger charge is -2.49. The molecule has 0 radical (unpaired) electrons. The van der Waals surface area contributed by atoms with Crippen molar-refractivity contribution in [3.05, 3.63) is 0 Å². The largest absolute Gasteiger partial charge is 0.392 e. The van der Waals surface area contributed by atoms with E-state index in [1.54, 1.807) is 0 Å². The summed E-state index contributed by atoms with van der Waals surface area (Å²) in [5, 5.41) is 13.0. The van der Waals surface area contributed by atoms with Crippen LogP contribution < -0.4 is 5.32 Å². The molecule has 2 atom stereocenters. The molecule has 1 saturated carbocycles. The molecule has 0 aromatic rings. The van der Waals surface area contributed by atoms with Crippen LogP contribution >= 0.6 is 0 Å². The van der Waals surface area contributed by atoms with Gasteiger partial charge in [-0.2, -0.15) is 0 Å². The fourth-order valence-electron chi connectivity index (χ4n) is 1.80. The van der Waals surface area contributed by atoms with Gasteiger partial charge in [-0.1, -0.05) is 27.7 Å². The Balaban J connectivity index is 2.17. The summed E-state index contributed by atoms with van der Waals surface area (Å²) >= 11 is 0. The summed E-state index contributed by atoms with van der Waals surface area (Å²) < 4.78 is 0. The summed E-state index contributed by atoms with van der Waals surface area (Å²) in [6, 6.07) is 0.515. The monoisotopic (exact) mass is 185 g/mol. The summed E-state index contributed by atoms with van der Waals surface area (Å²) in [7, 11) is 0. The second-order valence-corrected chi connectivity index (χ2v) is 5.26. The Hall–Kier alpha value is -0.0800. The molecule has 1 fully saturated rings. The maximum Gasteiger partial charge on any atom is 0.0621 e. The van der Waals surface area contributed by atoms with E-state index < -0.39 is 0 Å². The minimum absolute atomic E-state index is 0.0803. The number of hydrogen-bond donors (Lipinski definition) is 2. The third-order valence-electron chi connectivity index (χ3n) is 3.33. The van der Waals surface area contributed by atoms with Gasteiger partial charge in [0.1, 0.15) is 0 Å². The molecule has 0 spiro atoms. The molecule has 1 aliphatic rings. The number of nitrogens with one attached hydrogen (secondary N) is 1. The van der Waals surface area contributed by atoms with Crippen molar-refractivity contribution >= 4 is 0 Å². The van der Waals surface area contributed by atoms with Crippen LogP contribution in [0.2, 0.25) is 0 Å². The van der Waals surface area contributed by atoms with Crippen LogP contribution in [0.3, 0.4) is 0 Å². The highest BCUT2D eigenvalue weighted by Crippen LogP contribution is 2.40. The molecule has 2 N–H and O–H groups in total. The Kier molecular flexibility index (Phi) is 3.36. The van der Waals surface area contributed by atoms with Gasteiger partial charge in [-0.05, 0) is 25.3 Å². The molecule has 78 valence electrons. The number of rotatable bonds is 4. The van der Waals surface area contributed by atoms with Crippen LogP contribution in [-0.2, 0) is 0 Å². The Morgan fingerprint density at radius 3 is 2.46 bits per heavy atom. The lowest BCUT2D eigenvalue weighted by atomic mass is 9.64. The molecule has 0 amide bonds. The zero-order valence-corrected chi connectivity index (χ0v) is 9.30. The van der Waals surface area contributed by atoms with Gasteiger partial charge in [-0.15, -0.1) is 0 Å². The highest BCUT2D eigenvalue weighted by atomic mass is 16.3. The van der Waals surface area contributed by atoms with E-state index in [0.29, 0.717) is 6.04 Å². The summed E-state index contributed by atoms with van der Waals surface area (Å²) in [5.74, 6) is 0.764. The van der Waals surface area contributed by atoms with Gasteiger partial charge in [-0.25, -0.2) is 0 Å². The second-order valence-electron chi connectivity index (χ2n) is 5.26. The molecular formula is C11H23NO. The van der Waals surface area contributed by atoms with Gasteiger partial charge in [-0.3, -0.25) is 0 Å². The van der Waals surface area contributed by atoms with E-state index in [9.17, 15) is 5.11 Å². The molecule has 1 aliphatic carbocycles. The Bertz CT molecular complexity index is 165. The van der Waals surface area contributed by atoms with Crippen LogP contribution in [0, 0.1) is 11.3 Å². The molecule has 0 aromatic carbocycles. The van der Waals surface area contributed by atoms with Gasteiger partial charge in [0, 0.05) is 11.5 Å². The molecular weight excluding hydrogens is 162 g/mol. The number of aliphatic hydroxyl groups is 1. The molecule has 13 heavy (non-hydrogen) atoms. The normalized spacial score (nSPS) is 31.8. The van der Waals surface area contributed by atoms with E-state index in [1.165, 1.54) is 6.42 Å². The molecule has 2 nitrogen and oxygen atoms in total. The standard InChI is InChI=1S/C11H23NO/c1-8(2)5-6-12-9-7-10(13)11(9,3)4/h8-10,12-13H,5-7H2,1-4H3. The maximum absolute atomic E-state index is 9.51. The number of hydrogen-bond acceptors (Lipinski definition) is 2. The van der Waals surface area contributed by atoms with Crippen molar-refractivity contribution in [1.29, 1.82) is 0 Å². The van der Waals surface area contributed by atoms with E-state index in [-0.39, 0.29) is 11.5 Å². The Morgan fingerprint density at radius 2 is 2.08 bits per heavy atom. The SMILES string of the molecule is CC(C)CCNC1CC(O)C1(C)C. The molecule has 0 saturated heterocycles. The van der Waals surface area contributed by atoms with Gasteiger partial charge in [0.15, 0.2) is 0 Å². The highest BCUT2D eigenvalue weighted by Gasteiger charge is 2.46. The first-order chi connectivity index (χ1) is 5.94. The van der Waals surface area contributed by atoms with Crippen LogP contribution in [0.4, 0.5) is 0 Å². The topological polar surface area (TPSA) is 32.3 Å². The fraction of sp³-hybridized carbons (Fsp3) is 1.00. The molecule has 1 rings (SSSR count). The van der Waals surface area contributed by atoms with Gasteiger partial charge in [0.05, 0.1) is 6.10 Å². The molecule has 0 bridgehead atoms. The predicted molar refractivity (Wildman–Crippen MR) is 55.7 cm³/mol. The Morgan fingerprint density at radius 1 is 1.46 bits per heavy atom. The van der Waals surface area contributed by atoms with Crippen molar-refractivity contribution in [3.63, 3.8) is 0 Å². The average molecular weight is 185 g/mol. The van der Waals surface area contributed by atoms with Crippen LogP contribution in [0.15, 0.2) is 0 Å². The van der Waals surface area contributed by atoms with E-state index in [2.05, 4.69) is 33.0 Å². The van der Waals surface area contributed by atoms with Crippen LogP contribution in [-0.4, -0.2) is 23.8 Å². The third kappa shape index (κ3) is 2.44. The molecule has 0 aliphatic heterocycles. The Labute approximate surface area is 81.7 Å². The van der Waals surface area contributed by atoms with E-state index in [0.717, 1.165) is 18.9 Å². The predicted octanol–water partition coefficient (Wildman–Crippen LogP) is 1.78. The van der Waals surface area contributed by atoms with Gasteiger partial charge < -0.3 is 10.4 Å².